The van der Waals surface area contributed by atoms with Crippen molar-refractivity contribution in [3.05, 3.63) is 59.4 Å². The van der Waals surface area contributed by atoms with Crippen LogP contribution >= 0.6 is 11.6 Å². The van der Waals surface area contributed by atoms with Gasteiger partial charge in [0, 0.05) is 11.1 Å². The molecule has 0 spiro atoms. The molecule has 1 aromatic heterocycles. The summed E-state index contributed by atoms with van der Waals surface area (Å²) in [5.74, 6) is 0.0334. The Hall–Kier alpha value is -2.33. The van der Waals surface area contributed by atoms with E-state index in [1.807, 2.05) is 6.07 Å². The van der Waals surface area contributed by atoms with Crippen LogP contribution in [-0.4, -0.2) is 15.9 Å². The maximum absolute atomic E-state index is 11.9. The van der Waals surface area contributed by atoms with Crippen molar-refractivity contribution in [1.82, 2.24) is 9.97 Å². The Morgan fingerprint density at radius 3 is 2.74 bits per heavy atom. The average Bonchev–Trinajstić information content (AvgIpc) is 2.87. The maximum Gasteiger partial charge on any atom is 0.343 e. The topological polar surface area (TPSA) is 55.0 Å². The number of aromatic amines is 1. The SMILES string of the molecule is O=C(Oc1ccc2[nH]cnc2c1)c1ccc(Cl)cc1. The summed E-state index contributed by atoms with van der Waals surface area (Å²) < 4.78 is 5.28. The number of hydrogen-bond donors (Lipinski definition) is 1. The Bertz CT molecular complexity index is 735. The predicted molar refractivity (Wildman–Crippen MR) is 72.5 cm³/mol. The Morgan fingerprint density at radius 1 is 1.16 bits per heavy atom. The summed E-state index contributed by atoms with van der Waals surface area (Å²) in [6, 6.07) is 11.8. The Kier molecular flexibility index (Phi) is 2.93. The number of hydrogen-bond acceptors (Lipinski definition) is 3. The number of H-pyrrole nitrogens is 1. The van der Waals surface area contributed by atoms with E-state index in [1.165, 1.54) is 0 Å². The molecule has 0 radical (unpaired) electrons. The maximum atomic E-state index is 11.9. The first-order chi connectivity index (χ1) is 9.22. The number of nitrogens with one attached hydrogen (secondary N) is 1. The lowest BCUT2D eigenvalue weighted by Crippen LogP contribution is -2.08. The number of carbonyl (C=O) groups excluding carboxylic acids is 1. The second-order valence-corrected chi connectivity index (χ2v) is 4.41. The van der Waals surface area contributed by atoms with Crippen molar-refractivity contribution in [3.8, 4) is 5.75 Å². The largest absolute Gasteiger partial charge is 0.423 e. The van der Waals surface area contributed by atoms with E-state index in [1.54, 1.807) is 42.7 Å². The van der Waals surface area contributed by atoms with E-state index in [0.717, 1.165) is 11.0 Å². The molecule has 1 heterocycles. The van der Waals surface area contributed by atoms with Gasteiger partial charge in [-0.25, -0.2) is 9.78 Å². The van der Waals surface area contributed by atoms with E-state index in [4.69, 9.17) is 16.3 Å². The highest BCUT2D eigenvalue weighted by atomic mass is 35.5. The number of aromatic nitrogens is 2. The van der Waals surface area contributed by atoms with Crippen molar-refractivity contribution >= 4 is 28.6 Å². The first kappa shape index (κ1) is 11.7. The summed E-state index contributed by atoms with van der Waals surface area (Å²) in [6.07, 6.45) is 1.59. The van der Waals surface area contributed by atoms with Crippen LogP contribution in [0.25, 0.3) is 11.0 Å². The van der Waals surface area contributed by atoms with Crippen molar-refractivity contribution in [3.63, 3.8) is 0 Å². The quantitative estimate of drug-likeness (QED) is 0.574. The van der Waals surface area contributed by atoms with Gasteiger partial charge in [0.1, 0.15) is 5.75 Å². The average molecular weight is 273 g/mol. The predicted octanol–water partition coefficient (Wildman–Crippen LogP) is 3.44. The molecular formula is C14H9ClN2O2. The van der Waals surface area contributed by atoms with E-state index >= 15 is 0 Å². The van der Waals surface area contributed by atoms with Crippen molar-refractivity contribution < 1.29 is 9.53 Å². The van der Waals surface area contributed by atoms with E-state index in [2.05, 4.69) is 9.97 Å². The number of esters is 1. The molecule has 0 aliphatic rings. The van der Waals surface area contributed by atoms with Gasteiger partial charge in [0.15, 0.2) is 0 Å². The number of nitrogens with zero attached hydrogens (tertiary/aromatic N) is 1. The number of carbonyl (C=O) groups is 1. The van der Waals surface area contributed by atoms with Crippen LogP contribution in [0.15, 0.2) is 48.8 Å². The van der Waals surface area contributed by atoms with Crippen molar-refractivity contribution in [2.24, 2.45) is 0 Å². The summed E-state index contributed by atoms with van der Waals surface area (Å²) in [7, 11) is 0. The molecule has 0 saturated carbocycles. The molecule has 4 nitrogen and oxygen atoms in total. The van der Waals surface area contributed by atoms with Crippen LogP contribution in [0, 0.1) is 0 Å². The van der Waals surface area contributed by atoms with Crippen LogP contribution in [-0.2, 0) is 0 Å². The minimum atomic E-state index is -0.424. The molecular weight excluding hydrogens is 264 g/mol. The summed E-state index contributed by atoms with van der Waals surface area (Å²) >= 11 is 5.77. The van der Waals surface area contributed by atoms with Crippen molar-refractivity contribution in [1.29, 1.82) is 0 Å². The lowest BCUT2D eigenvalue weighted by atomic mass is 10.2. The van der Waals surface area contributed by atoms with E-state index in [9.17, 15) is 4.79 Å². The molecule has 3 aromatic rings. The van der Waals surface area contributed by atoms with Gasteiger partial charge in [-0.3, -0.25) is 0 Å². The van der Waals surface area contributed by atoms with E-state index in [-0.39, 0.29) is 0 Å². The number of fused-ring (bicyclic) bond motifs is 1. The molecule has 0 saturated heterocycles. The van der Waals surface area contributed by atoms with Crippen LogP contribution < -0.4 is 4.74 Å². The molecule has 94 valence electrons. The monoisotopic (exact) mass is 272 g/mol. The van der Waals surface area contributed by atoms with Gasteiger partial charge in [0.2, 0.25) is 0 Å². The summed E-state index contributed by atoms with van der Waals surface area (Å²) in [4.78, 5) is 19.0. The van der Waals surface area contributed by atoms with E-state index < -0.39 is 5.97 Å². The van der Waals surface area contributed by atoms with Gasteiger partial charge in [0.05, 0.1) is 22.9 Å². The molecule has 0 atom stereocenters. The Balaban J connectivity index is 1.83. The fourth-order valence-electron chi connectivity index (χ4n) is 1.73. The summed E-state index contributed by atoms with van der Waals surface area (Å²) in [6.45, 7) is 0. The molecule has 0 amide bonds. The zero-order chi connectivity index (χ0) is 13.2. The fraction of sp³-hybridized carbons (Fsp3) is 0. The zero-order valence-electron chi connectivity index (χ0n) is 9.76. The van der Waals surface area contributed by atoms with Crippen LogP contribution in [0.3, 0.4) is 0 Å². The van der Waals surface area contributed by atoms with Gasteiger partial charge in [-0.1, -0.05) is 11.6 Å². The Labute approximate surface area is 114 Å². The van der Waals surface area contributed by atoms with Crippen LogP contribution in [0.5, 0.6) is 5.75 Å². The fourth-order valence-corrected chi connectivity index (χ4v) is 1.85. The second kappa shape index (κ2) is 4.74. The number of ether oxygens (including phenoxy) is 1. The molecule has 0 bridgehead atoms. The highest BCUT2D eigenvalue weighted by Gasteiger charge is 2.09. The molecule has 19 heavy (non-hydrogen) atoms. The first-order valence-corrected chi connectivity index (χ1v) is 6.01. The van der Waals surface area contributed by atoms with Gasteiger partial charge < -0.3 is 9.72 Å². The van der Waals surface area contributed by atoms with Gasteiger partial charge in [-0.2, -0.15) is 0 Å². The van der Waals surface area contributed by atoms with Crippen LogP contribution in [0.2, 0.25) is 5.02 Å². The number of halogens is 1. The molecule has 1 N–H and O–H groups in total. The van der Waals surface area contributed by atoms with Gasteiger partial charge in [0.25, 0.3) is 0 Å². The third-order valence-electron chi connectivity index (χ3n) is 2.68. The van der Waals surface area contributed by atoms with E-state index in [0.29, 0.717) is 16.3 Å². The second-order valence-electron chi connectivity index (χ2n) is 3.98. The van der Waals surface area contributed by atoms with Crippen LogP contribution in [0.4, 0.5) is 0 Å². The third-order valence-corrected chi connectivity index (χ3v) is 2.94. The molecule has 0 unspecified atom stereocenters. The van der Waals surface area contributed by atoms with Crippen molar-refractivity contribution in [2.45, 2.75) is 0 Å². The molecule has 0 aliphatic carbocycles. The summed E-state index contributed by atoms with van der Waals surface area (Å²) in [5, 5.41) is 0.578. The lowest BCUT2D eigenvalue weighted by Gasteiger charge is -2.04. The highest BCUT2D eigenvalue weighted by molar-refractivity contribution is 6.30. The Morgan fingerprint density at radius 2 is 1.95 bits per heavy atom. The number of imidazole rings is 1. The highest BCUT2D eigenvalue weighted by Crippen LogP contribution is 2.19. The molecule has 5 heteroatoms. The van der Waals surface area contributed by atoms with Crippen molar-refractivity contribution in [2.75, 3.05) is 0 Å². The lowest BCUT2D eigenvalue weighted by molar-refractivity contribution is 0.0735. The van der Waals surface area contributed by atoms with Crippen LogP contribution in [0.1, 0.15) is 10.4 Å². The molecule has 3 rings (SSSR count). The zero-order valence-corrected chi connectivity index (χ0v) is 10.5. The summed E-state index contributed by atoms with van der Waals surface area (Å²) in [5.41, 5.74) is 2.10. The van der Waals surface area contributed by atoms with Gasteiger partial charge in [-0.05, 0) is 36.4 Å². The number of benzene rings is 2. The minimum absolute atomic E-state index is 0.424. The number of rotatable bonds is 2. The smallest absolute Gasteiger partial charge is 0.343 e. The minimum Gasteiger partial charge on any atom is -0.423 e. The van der Waals surface area contributed by atoms with Gasteiger partial charge >= 0.3 is 5.97 Å². The third kappa shape index (κ3) is 2.44. The molecule has 0 fully saturated rings. The first-order valence-electron chi connectivity index (χ1n) is 5.63. The van der Waals surface area contributed by atoms with Gasteiger partial charge in [-0.15, -0.1) is 0 Å². The standard InChI is InChI=1S/C14H9ClN2O2/c15-10-3-1-9(2-4-10)14(18)19-11-5-6-12-13(7-11)17-8-16-12/h1-8H,(H,16,17). The normalized spacial score (nSPS) is 10.6. The molecule has 0 aliphatic heterocycles. The molecule has 2 aromatic carbocycles.